The van der Waals surface area contributed by atoms with Crippen molar-refractivity contribution in [3.63, 3.8) is 0 Å². The van der Waals surface area contributed by atoms with E-state index in [4.69, 9.17) is 4.74 Å². The first kappa shape index (κ1) is 13.5. The number of rotatable bonds is 1. The maximum Gasteiger partial charge on any atom is 0.228 e. The topological polar surface area (TPSA) is 32.8 Å². The monoisotopic (exact) mass is 322 g/mol. The third-order valence-corrected chi connectivity index (χ3v) is 7.47. The van der Waals surface area contributed by atoms with Crippen molar-refractivity contribution in [2.24, 2.45) is 5.41 Å². The Morgan fingerprint density at radius 2 is 2.21 bits per heavy atom. The van der Waals surface area contributed by atoms with Gasteiger partial charge in [0, 0.05) is 36.4 Å². The smallest absolute Gasteiger partial charge is 0.228 e. The number of hydrogen-bond donors (Lipinski definition) is 0. The van der Waals surface area contributed by atoms with Gasteiger partial charge in [0.2, 0.25) is 5.91 Å². The number of methoxy groups -OCH3 is 1. The van der Waals surface area contributed by atoms with E-state index in [-0.39, 0.29) is 11.0 Å². The molecule has 124 valence electrons. The van der Waals surface area contributed by atoms with Crippen LogP contribution in [0.2, 0.25) is 0 Å². The van der Waals surface area contributed by atoms with E-state index in [0.717, 1.165) is 43.8 Å². The van der Waals surface area contributed by atoms with E-state index in [2.05, 4.69) is 40.2 Å². The van der Waals surface area contributed by atoms with Gasteiger partial charge in [-0.1, -0.05) is 18.2 Å². The van der Waals surface area contributed by atoms with Gasteiger partial charge in [-0.3, -0.25) is 9.69 Å². The van der Waals surface area contributed by atoms with E-state index in [1.165, 1.54) is 5.56 Å². The number of carbonyl (C=O) groups is 1. The molecule has 1 unspecified atom stereocenters. The largest absolute Gasteiger partial charge is 0.497 e. The molecule has 4 nitrogen and oxygen atoms in total. The number of fused-ring (bicyclic) bond motifs is 3. The van der Waals surface area contributed by atoms with Gasteiger partial charge in [-0.15, -0.1) is 0 Å². The highest BCUT2D eigenvalue weighted by atomic mass is 16.5. The van der Waals surface area contributed by atoms with Crippen molar-refractivity contribution in [3.05, 3.63) is 35.9 Å². The van der Waals surface area contributed by atoms with Crippen LogP contribution in [0.25, 0.3) is 0 Å². The van der Waals surface area contributed by atoms with E-state index < -0.39 is 0 Å². The molecular formula is C20H22N2O2. The fourth-order valence-corrected chi connectivity index (χ4v) is 6.87. The molecular weight excluding hydrogens is 300 g/mol. The number of carbonyl (C=O) groups excluding carboxylic acids is 1. The minimum absolute atomic E-state index is 0.0208. The Morgan fingerprint density at radius 1 is 1.29 bits per heavy atom. The van der Waals surface area contributed by atoms with E-state index in [1.807, 2.05) is 0 Å². The van der Waals surface area contributed by atoms with Crippen LogP contribution in [-0.2, 0) is 4.79 Å². The fraction of sp³-hybridized carbons (Fsp3) is 0.550. The molecule has 3 fully saturated rings. The number of amides is 1. The Balaban J connectivity index is 1.63. The van der Waals surface area contributed by atoms with E-state index in [9.17, 15) is 4.79 Å². The molecule has 4 heterocycles. The predicted molar refractivity (Wildman–Crippen MR) is 91.4 cm³/mol. The molecule has 2 saturated heterocycles. The average Bonchev–Trinajstić information content (AvgIpc) is 3.04. The van der Waals surface area contributed by atoms with Gasteiger partial charge in [0.05, 0.1) is 18.3 Å². The summed E-state index contributed by atoms with van der Waals surface area (Å²) in [5.74, 6) is 1.65. The van der Waals surface area contributed by atoms with Gasteiger partial charge in [-0.2, -0.15) is 0 Å². The van der Waals surface area contributed by atoms with Crippen molar-refractivity contribution < 1.29 is 9.53 Å². The summed E-state index contributed by atoms with van der Waals surface area (Å²) in [5, 5.41) is 0. The normalized spacial score (nSPS) is 41.4. The second kappa shape index (κ2) is 4.05. The quantitative estimate of drug-likeness (QED) is 0.745. The standard InChI is InChI=1S/C20H22N2O2/c1-24-13-3-4-14-15-5-10-21-9-2-6-19-7-8-20(15,18(19)21)22(16(14)11-13)17(23)12-19/h2-4,6,11,15,18H,5,7-10,12H2,1H3/t15-,18?,19-,20+/m0/s1. The van der Waals surface area contributed by atoms with E-state index >= 15 is 0 Å². The van der Waals surface area contributed by atoms with Gasteiger partial charge in [0.25, 0.3) is 0 Å². The molecule has 1 aliphatic carbocycles. The molecule has 4 aliphatic heterocycles. The van der Waals surface area contributed by atoms with Gasteiger partial charge < -0.3 is 9.64 Å². The van der Waals surface area contributed by atoms with Crippen LogP contribution in [0.5, 0.6) is 5.75 Å². The first-order valence-corrected chi connectivity index (χ1v) is 9.12. The van der Waals surface area contributed by atoms with Crippen LogP contribution in [-0.4, -0.2) is 42.6 Å². The van der Waals surface area contributed by atoms with Gasteiger partial charge in [0.1, 0.15) is 5.75 Å². The molecule has 4 atom stereocenters. The molecule has 5 aliphatic rings. The zero-order valence-corrected chi connectivity index (χ0v) is 14.0. The summed E-state index contributed by atoms with van der Waals surface area (Å²) < 4.78 is 5.46. The van der Waals surface area contributed by atoms with Crippen molar-refractivity contribution in [1.82, 2.24) is 4.90 Å². The molecule has 0 radical (unpaired) electrons. The summed E-state index contributed by atoms with van der Waals surface area (Å²) in [5.41, 5.74) is 2.55. The first-order chi connectivity index (χ1) is 11.7. The van der Waals surface area contributed by atoms with Crippen LogP contribution >= 0.6 is 0 Å². The number of anilines is 1. The maximum atomic E-state index is 13.3. The van der Waals surface area contributed by atoms with Crippen molar-refractivity contribution >= 4 is 11.6 Å². The first-order valence-electron chi connectivity index (χ1n) is 9.12. The third kappa shape index (κ3) is 1.25. The van der Waals surface area contributed by atoms with Gasteiger partial charge >= 0.3 is 0 Å². The highest BCUT2D eigenvalue weighted by Crippen LogP contribution is 2.68. The fourth-order valence-electron chi connectivity index (χ4n) is 6.87. The number of ether oxygens (including phenoxy) is 1. The molecule has 0 N–H and O–H groups in total. The summed E-state index contributed by atoms with van der Waals surface area (Å²) in [6.07, 6.45) is 8.80. The predicted octanol–water partition coefficient (Wildman–Crippen LogP) is 2.69. The van der Waals surface area contributed by atoms with Crippen LogP contribution in [0.3, 0.4) is 0 Å². The van der Waals surface area contributed by atoms with Crippen molar-refractivity contribution in [1.29, 1.82) is 0 Å². The molecule has 6 rings (SSSR count). The Bertz CT molecular complexity index is 803. The molecule has 0 aromatic heterocycles. The van der Waals surface area contributed by atoms with E-state index in [1.54, 1.807) is 7.11 Å². The van der Waals surface area contributed by atoms with Crippen LogP contribution in [0.4, 0.5) is 5.69 Å². The molecule has 24 heavy (non-hydrogen) atoms. The van der Waals surface area contributed by atoms with Crippen LogP contribution in [0.15, 0.2) is 30.4 Å². The highest BCUT2D eigenvalue weighted by molar-refractivity contribution is 6.01. The van der Waals surface area contributed by atoms with Crippen LogP contribution in [0, 0.1) is 5.41 Å². The summed E-state index contributed by atoms with van der Waals surface area (Å²) in [6.45, 7) is 2.19. The highest BCUT2D eigenvalue weighted by Gasteiger charge is 2.72. The lowest BCUT2D eigenvalue weighted by Crippen LogP contribution is -2.72. The summed E-state index contributed by atoms with van der Waals surface area (Å²) in [7, 11) is 1.70. The van der Waals surface area contributed by atoms with Gasteiger partial charge in [0.15, 0.2) is 0 Å². The number of hydrogen-bond acceptors (Lipinski definition) is 3. The second-order valence-electron chi connectivity index (χ2n) is 8.20. The third-order valence-electron chi connectivity index (χ3n) is 7.47. The molecule has 1 aromatic carbocycles. The Labute approximate surface area is 142 Å². The average molecular weight is 322 g/mol. The summed E-state index contributed by atoms with van der Waals surface area (Å²) in [6, 6.07) is 6.86. The van der Waals surface area contributed by atoms with E-state index in [0.29, 0.717) is 24.3 Å². The minimum Gasteiger partial charge on any atom is -0.497 e. The van der Waals surface area contributed by atoms with Crippen molar-refractivity contribution in [2.75, 3.05) is 25.1 Å². The number of nitrogens with zero attached hydrogens (tertiary/aromatic N) is 2. The number of benzene rings is 1. The lowest BCUT2D eigenvalue weighted by atomic mass is 9.63. The lowest BCUT2D eigenvalue weighted by molar-refractivity contribution is -0.127. The molecule has 1 saturated carbocycles. The van der Waals surface area contributed by atoms with Crippen LogP contribution < -0.4 is 9.64 Å². The Morgan fingerprint density at radius 3 is 3.08 bits per heavy atom. The van der Waals surface area contributed by atoms with Gasteiger partial charge in [-0.05, 0) is 37.4 Å². The molecule has 4 heteroatoms. The second-order valence-corrected chi connectivity index (χ2v) is 8.20. The van der Waals surface area contributed by atoms with Crippen LogP contribution in [0.1, 0.15) is 37.2 Å². The SMILES string of the molecule is COc1ccc2c(c1)N1C(=O)C[C@]34C=CCN5CC[C@@H]2[C@]1(CC3)C54. The Hall–Kier alpha value is -1.81. The molecule has 1 aromatic rings. The zero-order chi connectivity index (χ0) is 16.1. The van der Waals surface area contributed by atoms with Crippen molar-refractivity contribution in [3.8, 4) is 5.75 Å². The molecule has 2 bridgehead atoms. The van der Waals surface area contributed by atoms with Crippen molar-refractivity contribution in [2.45, 2.75) is 43.2 Å². The lowest BCUT2D eigenvalue weighted by Gasteiger charge is -2.59. The zero-order valence-electron chi connectivity index (χ0n) is 14.0. The number of piperidine rings is 2. The summed E-state index contributed by atoms with van der Waals surface area (Å²) in [4.78, 5) is 18.1. The van der Waals surface area contributed by atoms with Gasteiger partial charge in [-0.25, -0.2) is 0 Å². The molecule has 1 spiro atoms. The molecule has 1 amide bonds. The Kier molecular flexibility index (Phi) is 2.27. The maximum absolute atomic E-state index is 13.3. The summed E-state index contributed by atoms with van der Waals surface area (Å²) >= 11 is 0. The minimum atomic E-state index is -0.0208.